The van der Waals surface area contributed by atoms with Gasteiger partial charge >= 0.3 is 0 Å². The second kappa shape index (κ2) is 5.34. The molecule has 0 aromatic carbocycles. The number of aromatic nitrogens is 2. The highest BCUT2D eigenvalue weighted by molar-refractivity contribution is 5.95. The van der Waals surface area contributed by atoms with Crippen LogP contribution in [0.2, 0.25) is 0 Å². The molecule has 0 aliphatic carbocycles. The second-order valence-electron chi connectivity index (χ2n) is 5.29. The Morgan fingerprint density at radius 1 is 1.35 bits per heavy atom. The lowest BCUT2D eigenvalue weighted by atomic mass is 10.1. The van der Waals surface area contributed by atoms with Crippen molar-refractivity contribution in [3.8, 4) is 0 Å². The molecule has 0 spiro atoms. The van der Waals surface area contributed by atoms with Gasteiger partial charge in [-0.05, 0) is 6.92 Å². The summed E-state index contributed by atoms with van der Waals surface area (Å²) >= 11 is 0. The normalized spacial score (nSPS) is 23.5. The van der Waals surface area contributed by atoms with Crippen LogP contribution in [0.5, 0.6) is 0 Å². The van der Waals surface area contributed by atoms with E-state index in [2.05, 4.69) is 25.5 Å². The lowest BCUT2D eigenvalue weighted by Gasteiger charge is -2.28. The average Bonchev–Trinajstić information content (AvgIpc) is 2.61. The molecule has 2 aliphatic rings. The van der Waals surface area contributed by atoms with Gasteiger partial charge in [-0.15, -0.1) is 0 Å². The van der Waals surface area contributed by atoms with Crippen molar-refractivity contribution in [3.63, 3.8) is 0 Å². The number of fused-ring (bicyclic) bond motifs is 1. The van der Waals surface area contributed by atoms with Crippen molar-refractivity contribution in [2.75, 3.05) is 44.8 Å². The fourth-order valence-electron chi connectivity index (χ4n) is 2.55. The van der Waals surface area contributed by atoms with Gasteiger partial charge in [0.15, 0.2) is 0 Å². The Balaban J connectivity index is 1.96. The van der Waals surface area contributed by atoms with Gasteiger partial charge in [0.25, 0.3) is 5.91 Å². The van der Waals surface area contributed by atoms with E-state index >= 15 is 0 Å². The van der Waals surface area contributed by atoms with Gasteiger partial charge in [0.2, 0.25) is 5.95 Å². The quantitative estimate of drug-likeness (QED) is 0.726. The van der Waals surface area contributed by atoms with E-state index in [0.717, 1.165) is 37.8 Å². The summed E-state index contributed by atoms with van der Waals surface area (Å²) in [6.07, 6.45) is 1.67. The Morgan fingerprint density at radius 2 is 2.10 bits per heavy atom. The standard InChI is InChI=1S/C13H20N6O/c1-9-11-10(12(20)18(2)8-16-9)7-15-13(17-11)19-5-3-14-4-6-19/h7,9,14,16H,3-6,8H2,1-2H3. The van der Waals surface area contributed by atoms with Gasteiger partial charge in [0, 0.05) is 45.5 Å². The Kier molecular flexibility index (Phi) is 3.54. The third-order valence-corrected chi connectivity index (χ3v) is 3.83. The highest BCUT2D eigenvalue weighted by atomic mass is 16.2. The number of rotatable bonds is 1. The van der Waals surface area contributed by atoms with Crippen LogP contribution in [0.1, 0.15) is 29.0 Å². The molecule has 7 nitrogen and oxygen atoms in total. The number of nitrogens with zero attached hydrogens (tertiary/aromatic N) is 4. The zero-order valence-corrected chi connectivity index (χ0v) is 11.9. The molecule has 1 saturated heterocycles. The maximum absolute atomic E-state index is 12.3. The molecular formula is C13H20N6O. The SMILES string of the molecule is CC1NCN(C)C(=O)c2cnc(N3CCNCC3)nc21. The number of anilines is 1. The lowest BCUT2D eigenvalue weighted by molar-refractivity contribution is 0.0790. The van der Waals surface area contributed by atoms with Gasteiger partial charge < -0.3 is 15.1 Å². The van der Waals surface area contributed by atoms with Crippen molar-refractivity contribution in [2.45, 2.75) is 13.0 Å². The van der Waals surface area contributed by atoms with Crippen LogP contribution in [0, 0.1) is 0 Å². The van der Waals surface area contributed by atoms with E-state index in [1.807, 2.05) is 6.92 Å². The van der Waals surface area contributed by atoms with E-state index < -0.39 is 0 Å². The van der Waals surface area contributed by atoms with E-state index in [4.69, 9.17) is 0 Å². The van der Waals surface area contributed by atoms with Gasteiger partial charge in [0.05, 0.1) is 17.9 Å². The van der Waals surface area contributed by atoms with Gasteiger partial charge in [-0.25, -0.2) is 9.97 Å². The average molecular weight is 276 g/mol. The molecule has 1 fully saturated rings. The minimum Gasteiger partial charge on any atom is -0.338 e. The summed E-state index contributed by atoms with van der Waals surface area (Å²) in [5, 5.41) is 6.60. The predicted octanol–water partition coefficient (Wildman–Crippen LogP) is -0.420. The molecule has 1 aromatic heterocycles. The number of carbonyl (C=O) groups excluding carboxylic acids is 1. The molecule has 1 unspecified atom stereocenters. The fraction of sp³-hybridized carbons (Fsp3) is 0.615. The largest absolute Gasteiger partial charge is 0.338 e. The van der Waals surface area contributed by atoms with Crippen LogP contribution in [0.4, 0.5) is 5.95 Å². The third kappa shape index (κ3) is 2.34. The molecule has 20 heavy (non-hydrogen) atoms. The lowest BCUT2D eigenvalue weighted by Crippen LogP contribution is -2.44. The summed E-state index contributed by atoms with van der Waals surface area (Å²) in [6, 6.07) is 0.0450. The minimum absolute atomic E-state index is 0.0243. The molecule has 0 saturated carbocycles. The smallest absolute Gasteiger partial charge is 0.258 e. The molecule has 1 amide bonds. The highest BCUT2D eigenvalue weighted by Crippen LogP contribution is 2.22. The zero-order valence-electron chi connectivity index (χ0n) is 11.9. The van der Waals surface area contributed by atoms with Crippen LogP contribution in [0.3, 0.4) is 0 Å². The first-order valence-corrected chi connectivity index (χ1v) is 6.98. The molecule has 1 atom stereocenters. The van der Waals surface area contributed by atoms with Crippen LogP contribution in [-0.4, -0.2) is 60.7 Å². The molecule has 1 aromatic rings. The van der Waals surface area contributed by atoms with Gasteiger partial charge in [-0.2, -0.15) is 0 Å². The summed E-state index contributed by atoms with van der Waals surface area (Å²) in [7, 11) is 1.78. The topological polar surface area (TPSA) is 73.4 Å². The van der Waals surface area contributed by atoms with Crippen molar-refractivity contribution in [2.24, 2.45) is 0 Å². The van der Waals surface area contributed by atoms with Crippen LogP contribution in [-0.2, 0) is 0 Å². The summed E-state index contributed by atoms with van der Waals surface area (Å²) < 4.78 is 0. The van der Waals surface area contributed by atoms with Gasteiger partial charge in [-0.3, -0.25) is 10.1 Å². The summed E-state index contributed by atoms with van der Waals surface area (Å²) in [4.78, 5) is 25.1. The number of nitrogens with one attached hydrogen (secondary N) is 2. The van der Waals surface area contributed by atoms with Crippen LogP contribution in [0.25, 0.3) is 0 Å². The maximum atomic E-state index is 12.3. The van der Waals surface area contributed by atoms with Crippen molar-refractivity contribution in [3.05, 3.63) is 17.5 Å². The first-order valence-electron chi connectivity index (χ1n) is 6.98. The molecule has 2 aliphatic heterocycles. The monoisotopic (exact) mass is 276 g/mol. The summed E-state index contributed by atoms with van der Waals surface area (Å²) in [5.41, 5.74) is 1.40. The Bertz CT molecular complexity index is 514. The van der Waals surface area contributed by atoms with E-state index in [1.165, 1.54) is 0 Å². The maximum Gasteiger partial charge on any atom is 0.258 e. The molecule has 0 radical (unpaired) electrons. The summed E-state index contributed by atoms with van der Waals surface area (Å²) in [5.74, 6) is 0.694. The minimum atomic E-state index is -0.0243. The predicted molar refractivity (Wildman–Crippen MR) is 75.6 cm³/mol. The van der Waals surface area contributed by atoms with Crippen LogP contribution >= 0.6 is 0 Å². The number of amides is 1. The molecule has 2 N–H and O–H groups in total. The molecule has 108 valence electrons. The van der Waals surface area contributed by atoms with Crippen molar-refractivity contribution in [1.29, 1.82) is 0 Å². The zero-order chi connectivity index (χ0) is 14.1. The fourth-order valence-corrected chi connectivity index (χ4v) is 2.55. The van der Waals surface area contributed by atoms with Crippen LogP contribution in [0.15, 0.2) is 6.20 Å². The Labute approximate surface area is 118 Å². The van der Waals surface area contributed by atoms with Gasteiger partial charge in [-0.1, -0.05) is 0 Å². The molecule has 3 rings (SSSR count). The molecule has 3 heterocycles. The van der Waals surface area contributed by atoms with E-state index in [9.17, 15) is 4.79 Å². The van der Waals surface area contributed by atoms with Crippen molar-refractivity contribution >= 4 is 11.9 Å². The first kappa shape index (κ1) is 13.3. The third-order valence-electron chi connectivity index (χ3n) is 3.83. The van der Waals surface area contributed by atoms with E-state index in [-0.39, 0.29) is 11.9 Å². The van der Waals surface area contributed by atoms with Crippen LogP contribution < -0.4 is 15.5 Å². The number of hydrogen-bond donors (Lipinski definition) is 2. The van der Waals surface area contributed by atoms with E-state index in [0.29, 0.717) is 12.2 Å². The van der Waals surface area contributed by atoms with E-state index in [1.54, 1.807) is 18.1 Å². The molecule has 0 bridgehead atoms. The molecule has 7 heteroatoms. The summed E-state index contributed by atoms with van der Waals surface area (Å²) in [6.45, 7) is 6.23. The van der Waals surface area contributed by atoms with Crippen molar-refractivity contribution < 1.29 is 4.79 Å². The number of hydrogen-bond acceptors (Lipinski definition) is 6. The second-order valence-corrected chi connectivity index (χ2v) is 5.29. The number of carbonyl (C=O) groups is 1. The first-order chi connectivity index (χ1) is 9.66. The highest BCUT2D eigenvalue weighted by Gasteiger charge is 2.26. The number of piperazine rings is 1. The van der Waals surface area contributed by atoms with Crippen molar-refractivity contribution in [1.82, 2.24) is 25.5 Å². The molecular weight excluding hydrogens is 256 g/mol. The Hall–Kier alpha value is -1.73. The Morgan fingerprint density at radius 3 is 2.85 bits per heavy atom. The van der Waals surface area contributed by atoms with Gasteiger partial charge in [0.1, 0.15) is 0 Å².